The molecule has 98 valence electrons. The second kappa shape index (κ2) is 5.84. The number of anilines is 1. The Bertz CT molecular complexity index is 474. The van der Waals surface area contributed by atoms with Crippen molar-refractivity contribution in [1.82, 2.24) is 0 Å². The monoisotopic (exact) mass is 270 g/mol. The number of halogens is 1. The lowest BCUT2D eigenvalue weighted by molar-refractivity contribution is -0.118. The van der Waals surface area contributed by atoms with E-state index < -0.39 is 17.9 Å². The smallest absolute Gasteiger partial charge is 0.337 e. The van der Waals surface area contributed by atoms with Crippen molar-refractivity contribution in [2.24, 2.45) is 11.7 Å². The molecule has 1 unspecified atom stereocenters. The van der Waals surface area contributed by atoms with Crippen molar-refractivity contribution in [3.63, 3.8) is 0 Å². The first kappa shape index (κ1) is 14.5. The van der Waals surface area contributed by atoms with Gasteiger partial charge < -0.3 is 16.2 Å². The van der Waals surface area contributed by atoms with E-state index in [1.54, 1.807) is 13.8 Å². The van der Waals surface area contributed by atoms with E-state index in [4.69, 9.17) is 22.4 Å². The summed E-state index contributed by atoms with van der Waals surface area (Å²) in [5.41, 5.74) is 5.70. The van der Waals surface area contributed by atoms with Gasteiger partial charge in [-0.05, 0) is 18.1 Å². The van der Waals surface area contributed by atoms with Gasteiger partial charge in [0.2, 0.25) is 5.91 Å². The van der Waals surface area contributed by atoms with Crippen LogP contribution >= 0.6 is 11.6 Å². The summed E-state index contributed by atoms with van der Waals surface area (Å²) in [4.78, 5) is 22.8. The standard InChI is InChI=1S/C12H15ClN2O3/c1-6(2)9(14)11(16)15-10-7(12(17)18)4-3-5-8(10)13/h3-6,9H,14H2,1-2H3,(H,15,16)(H,17,18). The number of hydrogen-bond donors (Lipinski definition) is 3. The van der Waals surface area contributed by atoms with Crippen LogP contribution in [0.25, 0.3) is 0 Å². The first-order valence-corrected chi connectivity index (χ1v) is 5.80. The predicted octanol–water partition coefficient (Wildman–Crippen LogP) is 1.96. The van der Waals surface area contributed by atoms with Gasteiger partial charge in [-0.3, -0.25) is 4.79 Å². The molecule has 0 aliphatic rings. The fourth-order valence-electron chi connectivity index (χ4n) is 1.34. The van der Waals surface area contributed by atoms with Crippen LogP contribution in [0.2, 0.25) is 5.02 Å². The third-order valence-corrected chi connectivity index (χ3v) is 2.83. The minimum absolute atomic E-state index is 0.0548. The number of nitrogens with two attached hydrogens (primary N) is 1. The van der Waals surface area contributed by atoms with Crippen molar-refractivity contribution >= 4 is 29.2 Å². The Balaban J connectivity index is 3.04. The lowest BCUT2D eigenvalue weighted by Gasteiger charge is -2.17. The molecule has 0 saturated heterocycles. The fourth-order valence-corrected chi connectivity index (χ4v) is 1.56. The van der Waals surface area contributed by atoms with Crippen molar-refractivity contribution in [3.05, 3.63) is 28.8 Å². The van der Waals surface area contributed by atoms with Gasteiger partial charge in [0.25, 0.3) is 0 Å². The molecule has 0 aromatic heterocycles. The van der Waals surface area contributed by atoms with Crippen LogP contribution in [0.1, 0.15) is 24.2 Å². The van der Waals surface area contributed by atoms with Crippen molar-refractivity contribution in [2.45, 2.75) is 19.9 Å². The van der Waals surface area contributed by atoms with E-state index in [1.807, 2.05) is 0 Å². The molecule has 1 aromatic rings. The largest absolute Gasteiger partial charge is 0.478 e. The summed E-state index contributed by atoms with van der Waals surface area (Å²) >= 11 is 5.88. The first-order chi connectivity index (χ1) is 8.34. The van der Waals surface area contributed by atoms with E-state index in [-0.39, 0.29) is 22.2 Å². The van der Waals surface area contributed by atoms with E-state index in [2.05, 4.69) is 5.32 Å². The van der Waals surface area contributed by atoms with Crippen LogP contribution in [-0.4, -0.2) is 23.0 Å². The third kappa shape index (κ3) is 3.21. The van der Waals surface area contributed by atoms with Crippen molar-refractivity contribution in [1.29, 1.82) is 0 Å². The maximum atomic E-state index is 11.8. The summed E-state index contributed by atoms with van der Waals surface area (Å²) in [5, 5.41) is 11.6. The van der Waals surface area contributed by atoms with Gasteiger partial charge in [0, 0.05) is 0 Å². The Morgan fingerprint density at radius 1 is 1.39 bits per heavy atom. The number of rotatable bonds is 4. The van der Waals surface area contributed by atoms with Crippen LogP contribution in [0.4, 0.5) is 5.69 Å². The van der Waals surface area contributed by atoms with E-state index >= 15 is 0 Å². The molecule has 0 spiro atoms. The fraction of sp³-hybridized carbons (Fsp3) is 0.333. The lowest BCUT2D eigenvalue weighted by Crippen LogP contribution is -2.40. The molecule has 0 heterocycles. The van der Waals surface area contributed by atoms with Gasteiger partial charge in [-0.2, -0.15) is 0 Å². The second-order valence-corrected chi connectivity index (χ2v) is 4.63. The van der Waals surface area contributed by atoms with Gasteiger partial charge in [0.05, 0.1) is 22.3 Å². The Labute approximate surface area is 110 Å². The topological polar surface area (TPSA) is 92.4 Å². The zero-order valence-corrected chi connectivity index (χ0v) is 10.9. The van der Waals surface area contributed by atoms with Crippen molar-refractivity contribution in [3.8, 4) is 0 Å². The molecule has 1 atom stereocenters. The molecule has 1 rings (SSSR count). The number of hydrogen-bond acceptors (Lipinski definition) is 3. The maximum Gasteiger partial charge on any atom is 0.337 e. The van der Waals surface area contributed by atoms with Gasteiger partial charge in [-0.1, -0.05) is 31.5 Å². The lowest BCUT2D eigenvalue weighted by atomic mass is 10.0. The van der Waals surface area contributed by atoms with E-state index in [0.717, 1.165) is 0 Å². The van der Waals surface area contributed by atoms with E-state index in [1.165, 1.54) is 18.2 Å². The SMILES string of the molecule is CC(C)C(N)C(=O)Nc1c(Cl)cccc1C(=O)O. The van der Waals surface area contributed by atoms with Crippen LogP contribution in [-0.2, 0) is 4.79 Å². The molecule has 4 N–H and O–H groups in total. The highest BCUT2D eigenvalue weighted by atomic mass is 35.5. The predicted molar refractivity (Wildman–Crippen MR) is 69.9 cm³/mol. The van der Waals surface area contributed by atoms with Crippen molar-refractivity contribution < 1.29 is 14.7 Å². The molecule has 1 amide bonds. The molecule has 0 aliphatic carbocycles. The van der Waals surface area contributed by atoms with Crippen LogP contribution in [0.3, 0.4) is 0 Å². The molecule has 0 radical (unpaired) electrons. The number of amides is 1. The Hall–Kier alpha value is -1.59. The average molecular weight is 271 g/mol. The molecule has 5 nitrogen and oxygen atoms in total. The van der Waals surface area contributed by atoms with Gasteiger partial charge in [0.15, 0.2) is 0 Å². The summed E-state index contributed by atoms with van der Waals surface area (Å²) in [6.45, 7) is 3.60. The second-order valence-electron chi connectivity index (χ2n) is 4.23. The molecule has 6 heteroatoms. The number of para-hydroxylation sites is 1. The highest BCUT2D eigenvalue weighted by Crippen LogP contribution is 2.26. The number of carbonyl (C=O) groups excluding carboxylic acids is 1. The third-order valence-electron chi connectivity index (χ3n) is 2.51. The number of nitrogens with one attached hydrogen (secondary N) is 1. The number of carboxylic acid groups (broad SMARTS) is 1. The molecule has 1 aromatic carbocycles. The normalized spacial score (nSPS) is 12.3. The summed E-state index contributed by atoms with van der Waals surface area (Å²) in [6.07, 6.45) is 0. The molecule has 0 aliphatic heterocycles. The molecule has 0 saturated carbocycles. The van der Waals surface area contributed by atoms with Crippen LogP contribution in [0.15, 0.2) is 18.2 Å². The Kier molecular flexibility index (Phi) is 4.69. The number of aromatic carboxylic acids is 1. The summed E-state index contributed by atoms with van der Waals surface area (Å²) in [5.74, 6) is -1.67. The van der Waals surface area contributed by atoms with Crippen LogP contribution < -0.4 is 11.1 Å². The minimum Gasteiger partial charge on any atom is -0.478 e. The minimum atomic E-state index is -1.16. The highest BCUT2D eigenvalue weighted by Gasteiger charge is 2.21. The van der Waals surface area contributed by atoms with Crippen LogP contribution in [0, 0.1) is 5.92 Å². The molecule has 0 fully saturated rings. The summed E-state index contributed by atoms with van der Waals surface area (Å²) in [7, 11) is 0. The molecule has 0 bridgehead atoms. The average Bonchev–Trinajstić information content (AvgIpc) is 2.30. The number of benzene rings is 1. The first-order valence-electron chi connectivity index (χ1n) is 5.42. The van der Waals surface area contributed by atoms with Gasteiger partial charge in [-0.15, -0.1) is 0 Å². The number of carbonyl (C=O) groups is 2. The Morgan fingerprint density at radius 3 is 2.50 bits per heavy atom. The zero-order chi connectivity index (χ0) is 13.9. The molecule has 18 heavy (non-hydrogen) atoms. The van der Waals surface area contributed by atoms with E-state index in [9.17, 15) is 9.59 Å². The quantitative estimate of drug-likeness (QED) is 0.780. The zero-order valence-electron chi connectivity index (χ0n) is 10.1. The maximum absolute atomic E-state index is 11.8. The van der Waals surface area contributed by atoms with Crippen molar-refractivity contribution in [2.75, 3.05) is 5.32 Å². The molecular weight excluding hydrogens is 256 g/mol. The van der Waals surface area contributed by atoms with Crippen LogP contribution in [0.5, 0.6) is 0 Å². The van der Waals surface area contributed by atoms with Gasteiger partial charge in [-0.25, -0.2) is 4.79 Å². The van der Waals surface area contributed by atoms with E-state index in [0.29, 0.717) is 0 Å². The summed E-state index contributed by atoms with van der Waals surface area (Å²) in [6, 6.07) is 3.65. The highest BCUT2D eigenvalue weighted by molar-refractivity contribution is 6.34. The number of carboxylic acids is 1. The Morgan fingerprint density at radius 2 is 2.00 bits per heavy atom. The van der Waals surface area contributed by atoms with Gasteiger partial charge >= 0.3 is 5.97 Å². The van der Waals surface area contributed by atoms with Gasteiger partial charge in [0.1, 0.15) is 0 Å². The summed E-state index contributed by atoms with van der Waals surface area (Å²) < 4.78 is 0. The molecular formula is C12H15ClN2O3.